The molecular formula is C14H16O4. The Morgan fingerprint density at radius 3 is 2.83 bits per heavy atom. The van der Waals surface area contributed by atoms with Crippen molar-refractivity contribution in [3.8, 4) is 11.5 Å². The first kappa shape index (κ1) is 11.4. The first-order chi connectivity index (χ1) is 8.81. The van der Waals surface area contributed by atoms with Crippen molar-refractivity contribution in [2.45, 2.75) is 25.7 Å². The SMILES string of the molecule is COC(=O)c1c2c(cc3c1OCCC3)OCCC2. The molecule has 0 unspecified atom stereocenters. The molecule has 0 aliphatic carbocycles. The van der Waals surface area contributed by atoms with E-state index in [0.29, 0.717) is 24.5 Å². The standard InChI is InChI=1S/C14H16O4/c1-16-14(15)12-10-5-3-6-17-11(10)8-9-4-2-7-18-13(9)12/h8H,2-7H2,1H3. The van der Waals surface area contributed by atoms with Gasteiger partial charge in [0.2, 0.25) is 0 Å². The summed E-state index contributed by atoms with van der Waals surface area (Å²) in [7, 11) is 1.40. The van der Waals surface area contributed by atoms with Crippen LogP contribution in [0.15, 0.2) is 6.07 Å². The lowest BCUT2D eigenvalue weighted by Crippen LogP contribution is -2.19. The zero-order valence-corrected chi connectivity index (χ0v) is 10.5. The summed E-state index contributed by atoms with van der Waals surface area (Å²) < 4.78 is 16.2. The van der Waals surface area contributed by atoms with Crippen LogP contribution in [0.2, 0.25) is 0 Å². The van der Waals surface area contributed by atoms with Gasteiger partial charge in [0.1, 0.15) is 17.1 Å². The summed E-state index contributed by atoms with van der Waals surface area (Å²) in [5, 5.41) is 0. The Morgan fingerprint density at radius 1 is 1.22 bits per heavy atom. The minimum atomic E-state index is -0.324. The maximum atomic E-state index is 12.0. The molecule has 0 N–H and O–H groups in total. The second kappa shape index (κ2) is 4.52. The smallest absolute Gasteiger partial charge is 0.342 e. The summed E-state index contributed by atoms with van der Waals surface area (Å²) in [6, 6.07) is 2.02. The van der Waals surface area contributed by atoms with Gasteiger partial charge >= 0.3 is 5.97 Å². The van der Waals surface area contributed by atoms with E-state index in [-0.39, 0.29) is 5.97 Å². The van der Waals surface area contributed by atoms with E-state index in [1.54, 1.807) is 0 Å². The second-order valence-electron chi connectivity index (χ2n) is 4.61. The molecule has 0 saturated heterocycles. The van der Waals surface area contributed by atoms with Gasteiger partial charge in [0.05, 0.1) is 20.3 Å². The van der Waals surface area contributed by atoms with Gasteiger partial charge in [0.15, 0.2) is 0 Å². The third-order valence-electron chi connectivity index (χ3n) is 3.48. The van der Waals surface area contributed by atoms with Gasteiger partial charge in [-0.05, 0) is 37.3 Å². The molecule has 0 radical (unpaired) electrons. The van der Waals surface area contributed by atoms with E-state index < -0.39 is 0 Å². The van der Waals surface area contributed by atoms with Crippen LogP contribution < -0.4 is 9.47 Å². The summed E-state index contributed by atoms with van der Waals surface area (Å²) in [6.45, 7) is 1.38. The van der Waals surface area contributed by atoms with E-state index in [9.17, 15) is 4.79 Å². The van der Waals surface area contributed by atoms with Crippen molar-refractivity contribution < 1.29 is 19.0 Å². The van der Waals surface area contributed by atoms with E-state index in [4.69, 9.17) is 14.2 Å². The van der Waals surface area contributed by atoms with Gasteiger partial charge in [-0.3, -0.25) is 0 Å². The number of ether oxygens (including phenoxy) is 3. The number of methoxy groups -OCH3 is 1. The van der Waals surface area contributed by atoms with Crippen molar-refractivity contribution in [3.63, 3.8) is 0 Å². The zero-order chi connectivity index (χ0) is 12.5. The van der Waals surface area contributed by atoms with Crippen LogP contribution >= 0.6 is 0 Å². The molecule has 4 heteroatoms. The fourth-order valence-corrected chi connectivity index (χ4v) is 2.65. The number of fused-ring (bicyclic) bond motifs is 2. The predicted octanol–water partition coefficient (Wildman–Crippen LogP) is 2.12. The van der Waals surface area contributed by atoms with Crippen LogP contribution in [0.5, 0.6) is 11.5 Å². The lowest BCUT2D eigenvalue weighted by Gasteiger charge is -2.26. The van der Waals surface area contributed by atoms with E-state index in [1.807, 2.05) is 6.07 Å². The molecule has 1 aromatic carbocycles. The van der Waals surface area contributed by atoms with Crippen LogP contribution in [0.4, 0.5) is 0 Å². The molecule has 2 heterocycles. The minimum Gasteiger partial charge on any atom is -0.493 e. The van der Waals surface area contributed by atoms with Crippen molar-refractivity contribution in [1.82, 2.24) is 0 Å². The van der Waals surface area contributed by atoms with Crippen molar-refractivity contribution in [3.05, 3.63) is 22.8 Å². The molecule has 2 aliphatic rings. The Hall–Kier alpha value is -1.71. The quantitative estimate of drug-likeness (QED) is 0.714. The van der Waals surface area contributed by atoms with Crippen molar-refractivity contribution >= 4 is 5.97 Å². The Kier molecular flexibility index (Phi) is 2.86. The molecule has 0 amide bonds. The van der Waals surface area contributed by atoms with E-state index in [2.05, 4.69) is 0 Å². The largest absolute Gasteiger partial charge is 0.493 e. The molecule has 0 fully saturated rings. The number of hydrogen-bond acceptors (Lipinski definition) is 4. The van der Waals surface area contributed by atoms with Crippen LogP contribution in [0.3, 0.4) is 0 Å². The maximum absolute atomic E-state index is 12.0. The summed E-state index contributed by atoms with van der Waals surface area (Å²) in [5.41, 5.74) is 2.57. The Morgan fingerprint density at radius 2 is 2.00 bits per heavy atom. The number of hydrogen-bond donors (Lipinski definition) is 0. The van der Waals surface area contributed by atoms with Crippen molar-refractivity contribution in [2.24, 2.45) is 0 Å². The Balaban J connectivity index is 2.20. The second-order valence-corrected chi connectivity index (χ2v) is 4.61. The molecule has 0 aromatic heterocycles. The van der Waals surface area contributed by atoms with Crippen LogP contribution in [-0.2, 0) is 17.6 Å². The topological polar surface area (TPSA) is 44.8 Å². The summed E-state index contributed by atoms with van der Waals surface area (Å²) in [4.78, 5) is 12.0. The highest BCUT2D eigenvalue weighted by Gasteiger charge is 2.28. The minimum absolute atomic E-state index is 0.324. The lowest BCUT2D eigenvalue weighted by atomic mass is 9.93. The molecule has 2 aliphatic heterocycles. The highest BCUT2D eigenvalue weighted by atomic mass is 16.5. The summed E-state index contributed by atoms with van der Waals surface area (Å²) in [6.07, 6.45) is 3.68. The summed E-state index contributed by atoms with van der Waals surface area (Å²) in [5.74, 6) is 1.21. The number of rotatable bonds is 1. The van der Waals surface area contributed by atoms with Gasteiger partial charge in [-0.15, -0.1) is 0 Å². The zero-order valence-electron chi connectivity index (χ0n) is 10.5. The third kappa shape index (κ3) is 1.72. The highest BCUT2D eigenvalue weighted by Crippen LogP contribution is 2.39. The Bertz CT molecular complexity index is 459. The van der Waals surface area contributed by atoms with E-state index >= 15 is 0 Å². The molecule has 96 valence electrons. The number of aryl methyl sites for hydroxylation is 1. The molecule has 0 saturated carbocycles. The first-order valence-corrected chi connectivity index (χ1v) is 6.34. The van der Waals surface area contributed by atoms with E-state index in [1.165, 1.54) is 7.11 Å². The normalized spacial score (nSPS) is 16.9. The van der Waals surface area contributed by atoms with Gasteiger partial charge in [0, 0.05) is 5.56 Å². The monoisotopic (exact) mass is 248 g/mol. The average molecular weight is 248 g/mol. The van der Waals surface area contributed by atoms with Crippen LogP contribution in [0.1, 0.15) is 34.3 Å². The molecule has 0 spiro atoms. The molecular weight excluding hydrogens is 232 g/mol. The molecule has 3 rings (SSSR count). The number of esters is 1. The van der Waals surface area contributed by atoms with Gasteiger partial charge in [0.25, 0.3) is 0 Å². The van der Waals surface area contributed by atoms with Gasteiger partial charge in [-0.1, -0.05) is 0 Å². The fourth-order valence-electron chi connectivity index (χ4n) is 2.65. The average Bonchev–Trinajstić information content (AvgIpc) is 2.44. The Labute approximate surface area is 106 Å². The third-order valence-corrected chi connectivity index (χ3v) is 3.48. The maximum Gasteiger partial charge on any atom is 0.342 e. The molecule has 0 bridgehead atoms. The van der Waals surface area contributed by atoms with Crippen LogP contribution in [0, 0.1) is 0 Å². The highest BCUT2D eigenvalue weighted by molar-refractivity contribution is 5.95. The predicted molar refractivity (Wildman–Crippen MR) is 65.4 cm³/mol. The van der Waals surface area contributed by atoms with Crippen molar-refractivity contribution in [2.75, 3.05) is 20.3 Å². The van der Waals surface area contributed by atoms with Crippen LogP contribution in [0.25, 0.3) is 0 Å². The fraction of sp³-hybridized carbons (Fsp3) is 0.500. The number of carbonyl (C=O) groups is 1. The van der Waals surface area contributed by atoms with Gasteiger partial charge in [-0.2, -0.15) is 0 Å². The summed E-state index contributed by atoms with van der Waals surface area (Å²) >= 11 is 0. The first-order valence-electron chi connectivity index (χ1n) is 6.34. The molecule has 0 atom stereocenters. The molecule has 1 aromatic rings. The molecule has 18 heavy (non-hydrogen) atoms. The molecule has 4 nitrogen and oxygen atoms in total. The van der Waals surface area contributed by atoms with Gasteiger partial charge in [-0.25, -0.2) is 4.79 Å². The van der Waals surface area contributed by atoms with Crippen LogP contribution in [-0.4, -0.2) is 26.3 Å². The van der Waals surface area contributed by atoms with Crippen molar-refractivity contribution in [1.29, 1.82) is 0 Å². The number of benzene rings is 1. The van der Waals surface area contributed by atoms with Gasteiger partial charge < -0.3 is 14.2 Å². The van der Waals surface area contributed by atoms with E-state index in [0.717, 1.165) is 42.6 Å². The lowest BCUT2D eigenvalue weighted by molar-refractivity contribution is 0.0592. The number of carbonyl (C=O) groups excluding carboxylic acids is 1.